The number of nitrogens with two attached hydrogens (primary N) is 1. The van der Waals surface area contributed by atoms with Crippen LogP contribution in [0.25, 0.3) is 11.4 Å². The van der Waals surface area contributed by atoms with Crippen LogP contribution in [-0.2, 0) is 18.3 Å². The van der Waals surface area contributed by atoms with Crippen LogP contribution in [-0.4, -0.2) is 32.6 Å². The van der Waals surface area contributed by atoms with E-state index >= 15 is 0 Å². The molecule has 0 spiro atoms. The van der Waals surface area contributed by atoms with Crippen LogP contribution in [0.1, 0.15) is 11.1 Å². The third kappa shape index (κ3) is 3.95. The Hall–Kier alpha value is -2.64. The lowest BCUT2D eigenvalue weighted by Crippen LogP contribution is -2.03. The van der Waals surface area contributed by atoms with Crippen LogP contribution in [0.15, 0.2) is 30.5 Å². The minimum absolute atomic E-state index is 0.0503. The van der Waals surface area contributed by atoms with E-state index in [1.807, 2.05) is 6.20 Å². The molecule has 0 aliphatic heterocycles. The van der Waals surface area contributed by atoms with Gasteiger partial charge in [0.1, 0.15) is 23.2 Å². The van der Waals surface area contributed by atoms with E-state index in [0.717, 1.165) is 11.1 Å². The van der Waals surface area contributed by atoms with Gasteiger partial charge in [0.05, 0.1) is 5.69 Å². The number of halogens is 2. The van der Waals surface area contributed by atoms with Crippen molar-refractivity contribution >= 4 is 35.4 Å². The van der Waals surface area contributed by atoms with Gasteiger partial charge in [-0.25, -0.2) is 9.97 Å². The highest BCUT2D eigenvalue weighted by Gasteiger charge is 2.17. The van der Waals surface area contributed by atoms with Crippen molar-refractivity contribution in [3.05, 3.63) is 51.8 Å². The summed E-state index contributed by atoms with van der Waals surface area (Å²) < 4.78 is 7.15. The molecule has 1 aromatic carbocycles. The fourth-order valence-corrected chi connectivity index (χ4v) is 3.02. The molecule has 7 nitrogen and oxygen atoms in total. The summed E-state index contributed by atoms with van der Waals surface area (Å²) in [5.74, 6) is 0.608. The molecule has 0 bridgehead atoms. The Labute approximate surface area is 159 Å². The number of nitrogens with zero attached hydrogens (tertiary/aromatic N) is 4. The lowest BCUT2D eigenvalue weighted by Gasteiger charge is -2.11. The van der Waals surface area contributed by atoms with Crippen LogP contribution in [0, 0.1) is 0 Å². The molecule has 0 amide bonds. The average molecular weight is 392 g/mol. The van der Waals surface area contributed by atoms with Crippen LogP contribution < -0.4 is 10.5 Å². The van der Waals surface area contributed by atoms with Gasteiger partial charge in [0.15, 0.2) is 6.29 Å². The lowest BCUT2D eigenvalue weighted by atomic mass is 10.0. The van der Waals surface area contributed by atoms with Gasteiger partial charge in [-0.15, -0.1) is 0 Å². The number of aldehydes is 1. The highest BCUT2D eigenvalue weighted by molar-refractivity contribution is 6.31. The standard InChI is InChI=1S/C17H15Cl2N5O2/c1-24-9-10(16(23-24)13-8-15(19)22-17(20)21-13)7-11-12(18)3-2-4-14(11)26-6-5-25/h2-5,8-9H,6-7H2,1H3,(H2,20,21,22). The Bertz CT molecular complexity index is 938. The molecule has 0 unspecified atom stereocenters. The second-order valence-electron chi connectivity index (χ2n) is 5.48. The molecule has 0 saturated carbocycles. The molecule has 0 fully saturated rings. The molecular weight excluding hydrogens is 377 g/mol. The number of rotatable bonds is 6. The predicted octanol–water partition coefficient (Wildman–Crippen LogP) is 2.93. The molecule has 3 rings (SSSR count). The summed E-state index contributed by atoms with van der Waals surface area (Å²) in [6.07, 6.45) is 2.97. The number of carbonyl (C=O) groups is 1. The minimum atomic E-state index is -0.0503. The van der Waals surface area contributed by atoms with Gasteiger partial charge in [-0.3, -0.25) is 9.48 Å². The first-order chi connectivity index (χ1) is 12.5. The third-order valence-electron chi connectivity index (χ3n) is 3.61. The van der Waals surface area contributed by atoms with E-state index in [-0.39, 0.29) is 17.7 Å². The smallest absolute Gasteiger partial charge is 0.222 e. The van der Waals surface area contributed by atoms with Gasteiger partial charge in [0.2, 0.25) is 5.95 Å². The van der Waals surface area contributed by atoms with E-state index in [1.165, 1.54) is 0 Å². The van der Waals surface area contributed by atoms with Crippen LogP contribution in [0.5, 0.6) is 5.75 Å². The van der Waals surface area contributed by atoms with E-state index in [2.05, 4.69) is 15.1 Å². The zero-order valence-corrected chi connectivity index (χ0v) is 15.3. The Kier molecular flexibility index (Phi) is 5.39. The normalized spacial score (nSPS) is 10.7. The Balaban J connectivity index is 2.03. The van der Waals surface area contributed by atoms with Crippen LogP contribution in [0.4, 0.5) is 5.95 Å². The number of hydrogen-bond donors (Lipinski definition) is 1. The van der Waals surface area contributed by atoms with Crippen molar-refractivity contribution in [3.63, 3.8) is 0 Å². The number of hydrogen-bond acceptors (Lipinski definition) is 6. The molecule has 0 aliphatic carbocycles. The maximum Gasteiger partial charge on any atom is 0.222 e. The number of ether oxygens (including phenoxy) is 1. The third-order valence-corrected chi connectivity index (χ3v) is 4.16. The first-order valence-corrected chi connectivity index (χ1v) is 8.40. The predicted molar refractivity (Wildman–Crippen MR) is 99.5 cm³/mol. The second kappa shape index (κ2) is 7.72. The molecule has 2 N–H and O–H groups in total. The fraction of sp³-hybridized carbons (Fsp3) is 0.176. The molecule has 26 heavy (non-hydrogen) atoms. The Morgan fingerprint density at radius 1 is 1.31 bits per heavy atom. The Morgan fingerprint density at radius 3 is 2.85 bits per heavy atom. The van der Waals surface area contributed by atoms with Crippen molar-refractivity contribution < 1.29 is 9.53 Å². The number of carbonyl (C=O) groups excluding carboxylic acids is 1. The van der Waals surface area contributed by atoms with Crippen molar-refractivity contribution in [1.29, 1.82) is 0 Å². The number of aryl methyl sites for hydroxylation is 1. The van der Waals surface area contributed by atoms with Gasteiger partial charge in [0.25, 0.3) is 0 Å². The number of nitrogen functional groups attached to an aromatic ring is 1. The van der Waals surface area contributed by atoms with E-state index in [0.29, 0.717) is 34.9 Å². The van der Waals surface area contributed by atoms with E-state index in [9.17, 15) is 4.79 Å². The van der Waals surface area contributed by atoms with Crippen molar-refractivity contribution in [2.45, 2.75) is 6.42 Å². The lowest BCUT2D eigenvalue weighted by molar-refractivity contribution is -0.109. The molecule has 0 saturated heterocycles. The van der Waals surface area contributed by atoms with E-state index < -0.39 is 0 Å². The molecular formula is C17H15Cl2N5O2. The molecule has 0 aliphatic rings. The van der Waals surface area contributed by atoms with Gasteiger partial charge in [-0.1, -0.05) is 29.3 Å². The summed E-state index contributed by atoms with van der Waals surface area (Å²) in [6, 6.07) is 6.89. The molecule has 2 heterocycles. The van der Waals surface area contributed by atoms with Crippen molar-refractivity contribution in [2.75, 3.05) is 12.3 Å². The molecule has 2 aromatic heterocycles. The van der Waals surface area contributed by atoms with Gasteiger partial charge in [-0.05, 0) is 12.1 Å². The Morgan fingerprint density at radius 2 is 2.12 bits per heavy atom. The SMILES string of the molecule is Cn1cc(Cc2c(Cl)cccc2OCC=O)c(-c2cc(Cl)nc(N)n2)n1. The summed E-state index contributed by atoms with van der Waals surface area (Å²) in [6.45, 7) is -0.0503. The van der Waals surface area contributed by atoms with E-state index in [4.69, 9.17) is 33.7 Å². The number of aromatic nitrogens is 4. The fourth-order valence-electron chi connectivity index (χ4n) is 2.60. The first kappa shape index (κ1) is 18.2. The zero-order chi connectivity index (χ0) is 18.7. The maximum atomic E-state index is 10.6. The van der Waals surface area contributed by atoms with Gasteiger partial charge >= 0.3 is 0 Å². The summed E-state index contributed by atoms with van der Waals surface area (Å²) in [5, 5.41) is 5.22. The minimum Gasteiger partial charge on any atom is -0.486 e. The van der Waals surface area contributed by atoms with Gasteiger partial charge in [-0.2, -0.15) is 5.10 Å². The van der Waals surface area contributed by atoms with Crippen LogP contribution >= 0.6 is 23.2 Å². The zero-order valence-electron chi connectivity index (χ0n) is 13.8. The van der Waals surface area contributed by atoms with Crippen LogP contribution in [0.3, 0.4) is 0 Å². The summed E-state index contributed by atoms with van der Waals surface area (Å²) in [7, 11) is 1.80. The van der Waals surface area contributed by atoms with Crippen molar-refractivity contribution in [2.24, 2.45) is 7.05 Å². The summed E-state index contributed by atoms with van der Waals surface area (Å²) in [4.78, 5) is 18.7. The van der Waals surface area contributed by atoms with Crippen LogP contribution in [0.2, 0.25) is 10.2 Å². The summed E-state index contributed by atoms with van der Waals surface area (Å²) >= 11 is 12.3. The molecule has 9 heteroatoms. The highest BCUT2D eigenvalue weighted by Crippen LogP contribution is 2.32. The average Bonchev–Trinajstić information content (AvgIpc) is 2.95. The van der Waals surface area contributed by atoms with E-state index in [1.54, 1.807) is 36.0 Å². The number of benzene rings is 1. The summed E-state index contributed by atoms with van der Waals surface area (Å²) in [5.41, 5.74) is 8.42. The second-order valence-corrected chi connectivity index (χ2v) is 6.28. The monoisotopic (exact) mass is 391 g/mol. The molecule has 0 atom stereocenters. The highest BCUT2D eigenvalue weighted by atomic mass is 35.5. The van der Waals surface area contributed by atoms with Crippen molar-refractivity contribution in [3.8, 4) is 17.1 Å². The number of anilines is 1. The molecule has 0 radical (unpaired) electrons. The topological polar surface area (TPSA) is 95.9 Å². The van der Waals surface area contributed by atoms with Gasteiger partial charge in [0, 0.05) is 41.9 Å². The van der Waals surface area contributed by atoms with Crippen molar-refractivity contribution in [1.82, 2.24) is 19.7 Å². The maximum absolute atomic E-state index is 10.6. The largest absolute Gasteiger partial charge is 0.486 e. The first-order valence-electron chi connectivity index (χ1n) is 7.64. The molecule has 3 aromatic rings. The molecule has 134 valence electrons. The quantitative estimate of drug-likeness (QED) is 0.512. The van der Waals surface area contributed by atoms with Gasteiger partial charge < -0.3 is 10.5 Å².